The number of hydrogen-bond acceptors (Lipinski definition) is 3. The highest BCUT2D eigenvalue weighted by atomic mass is 16.2. The van der Waals surface area contributed by atoms with Gasteiger partial charge in [0, 0.05) is 12.6 Å². The molecule has 4 atom stereocenters. The van der Waals surface area contributed by atoms with E-state index in [-0.39, 0.29) is 48.1 Å². The van der Waals surface area contributed by atoms with Crippen molar-refractivity contribution in [1.82, 2.24) is 4.90 Å². The molecule has 0 N–H and O–H groups in total. The Kier molecular flexibility index (Phi) is 3.34. The number of carbonyl (C=O) groups is 3. The van der Waals surface area contributed by atoms with Crippen molar-refractivity contribution in [2.75, 3.05) is 11.6 Å². The molecule has 1 aromatic rings. The van der Waals surface area contributed by atoms with E-state index in [1.54, 1.807) is 0 Å². The van der Waals surface area contributed by atoms with Crippen LogP contribution in [-0.2, 0) is 14.4 Å². The fraction of sp³-hybridized carbons (Fsp3) is 0.421. The number of carbonyl (C=O) groups excluding carboxylic acids is 3. The van der Waals surface area contributed by atoms with Gasteiger partial charge in [0.1, 0.15) is 6.67 Å². The predicted molar refractivity (Wildman–Crippen MR) is 88.8 cm³/mol. The summed E-state index contributed by atoms with van der Waals surface area (Å²) >= 11 is 0. The zero-order chi connectivity index (χ0) is 17.0. The minimum atomic E-state index is -0.223. The smallest absolute Gasteiger partial charge is 0.235 e. The Balaban J connectivity index is 1.60. The lowest BCUT2D eigenvalue weighted by atomic mass is 9.85. The predicted octanol–water partition coefficient (Wildman–Crippen LogP) is 2.11. The van der Waals surface area contributed by atoms with Gasteiger partial charge >= 0.3 is 0 Å². The first kappa shape index (κ1) is 15.1. The number of imide groups is 1. The number of likely N-dealkylation sites (tertiary alicyclic amines) is 1. The van der Waals surface area contributed by atoms with Crippen LogP contribution in [0.15, 0.2) is 36.4 Å². The van der Waals surface area contributed by atoms with Gasteiger partial charge in [0.05, 0.1) is 11.8 Å². The topological polar surface area (TPSA) is 57.7 Å². The monoisotopic (exact) mass is 324 g/mol. The summed E-state index contributed by atoms with van der Waals surface area (Å²) in [6.45, 7) is 3.43. The largest absolute Gasteiger partial charge is 0.294 e. The van der Waals surface area contributed by atoms with E-state index in [0.29, 0.717) is 5.69 Å². The van der Waals surface area contributed by atoms with E-state index >= 15 is 0 Å². The molecule has 1 aliphatic heterocycles. The second kappa shape index (κ2) is 5.30. The highest BCUT2D eigenvalue weighted by molar-refractivity contribution is 6.07. The molecule has 2 bridgehead atoms. The van der Waals surface area contributed by atoms with E-state index in [4.69, 9.17) is 0 Å². The number of rotatable bonds is 3. The Labute approximate surface area is 140 Å². The van der Waals surface area contributed by atoms with Crippen molar-refractivity contribution in [2.24, 2.45) is 23.7 Å². The van der Waals surface area contributed by atoms with Crippen LogP contribution < -0.4 is 4.90 Å². The Morgan fingerprint density at radius 2 is 1.62 bits per heavy atom. The molecular formula is C19H20N2O3. The lowest BCUT2D eigenvalue weighted by Gasteiger charge is -2.27. The number of allylic oxidation sites excluding steroid dienone is 2. The normalized spacial score (nSPS) is 30.2. The number of amides is 3. The molecule has 0 aromatic heterocycles. The molecule has 5 heteroatoms. The molecule has 2 aliphatic carbocycles. The fourth-order valence-electron chi connectivity index (χ4n) is 4.33. The minimum absolute atomic E-state index is 0.00248. The van der Waals surface area contributed by atoms with Crippen molar-refractivity contribution in [3.05, 3.63) is 42.0 Å². The summed E-state index contributed by atoms with van der Waals surface area (Å²) in [5.41, 5.74) is 1.79. The Bertz CT molecular complexity index is 722. The van der Waals surface area contributed by atoms with Crippen molar-refractivity contribution >= 4 is 23.4 Å². The van der Waals surface area contributed by atoms with E-state index < -0.39 is 0 Å². The molecule has 1 saturated carbocycles. The molecule has 1 aromatic carbocycles. The van der Waals surface area contributed by atoms with E-state index in [1.165, 1.54) is 16.7 Å². The van der Waals surface area contributed by atoms with Gasteiger partial charge in [-0.3, -0.25) is 24.2 Å². The van der Waals surface area contributed by atoms with Crippen molar-refractivity contribution in [2.45, 2.75) is 20.3 Å². The third-order valence-electron chi connectivity index (χ3n) is 5.57. The molecule has 2 fully saturated rings. The van der Waals surface area contributed by atoms with E-state index in [9.17, 15) is 14.4 Å². The number of fused-ring (bicyclic) bond motifs is 5. The van der Waals surface area contributed by atoms with Gasteiger partial charge in [-0.15, -0.1) is 0 Å². The zero-order valence-corrected chi connectivity index (χ0v) is 13.8. The van der Waals surface area contributed by atoms with E-state index in [1.807, 2.05) is 31.2 Å². The van der Waals surface area contributed by atoms with Crippen molar-refractivity contribution < 1.29 is 14.4 Å². The molecule has 3 amide bonds. The molecule has 124 valence electrons. The van der Waals surface area contributed by atoms with Crippen LogP contribution in [0.1, 0.15) is 18.9 Å². The van der Waals surface area contributed by atoms with Crippen LogP contribution in [0.5, 0.6) is 0 Å². The maximum Gasteiger partial charge on any atom is 0.235 e. The molecule has 0 unspecified atom stereocenters. The first-order valence-corrected chi connectivity index (χ1v) is 8.35. The van der Waals surface area contributed by atoms with Crippen molar-refractivity contribution in [3.63, 3.8) is 0 Å². The SMILES string of the molecule is CC(=O)N(CN1C(=O)[C@@H]2[C@@H](C1=O)[C@@H]1C=C[C@@H]2C1)c1ccc(C)cc1. The van der Waals surface area contributed by atoms with Crippen LogP contribution in [0.2, 0.25) is 0 Å². The van der Waals surface area contributed by atoms with Crippen LogP contribution in [0, 0.1) is 30.6 Å². The van der Waals surface area contributed by atoms with Crippen LogP contribution in [-0.4, -0.2) is 29.3 Å². The first-order chi connectivity index (χ1) is 11.5. The van der Waals surface area contributed by atoms with Gasteiger partial charge in [-0.05, 0) is 37.3 Å². The first-order valence-electron chi connectivity index (χ1n) is 8.35. The zero-order valence-electron chi connectivity index (χ0n) is 13.8. The summed E-state index contributed by atoms with van der Waals surface area (Å²) in [5.74, 6) is -0.505. The Hall–Kier alpha value is -2.43. The van der Waals surface area contributed by atoms with Crippen molar-refractivity contribution in [3.8, 4) is 0 Å². The summed E-state index contributed by atoms with van der Waals surface area (Å²) in [6, 6.07) is 7.51. The molecular weight excluding hydrogens is 304 g/mol. The van der Waals surface area contributed by atoms with E-state index in [0.717, 1.165) is 12.0 Å². The standard InChI is InChI=1S/C19H20N2O3/c1-11-3-7-15(8-4-11)20(12(2)22)10-21-18(23)16-13-5-6-14(9-13)17(16)19(21)24/h3-8,13-14,16-17H,9-10H2,1-2H3/t13-,14-,16+,17+/m1/s1. The van der Waals surface area contributed by atoms with Gasteiger partial charge in [-0.2, -0.15) is 0 Å². The van der Waals surface area contributed by atoms with Gasteiger partial charge in [-0.1, -0.05) is 29.8 Å². The molecule has 1 saturated heterocycles. The minimum Gasteiger partial charge on any atom is -0.294 e. The number of anilines is 1. The number of aryl methyl sites for hydroxylation is 1. The summed E-state index contributed by atoms with van der Waals surface area (Å²) in [4.78, 5) is 40.4. The fourth-order valence-corrected chi connectivity index (χ4v) is 4.33. The highest BCUT2D eigenvalue weighted by Crippen LogP contribution is 2.52. The average Bonchev–Trinajstić information content (AvgIpc) is 3.22. The molecule has 3 aliphatic rings. The van der Waals surface area contributed by atoms with Crippen molar-refractivity contribution in [1.29, 1.82) is 0 Å². The molecule has 5 nitrogen and oxygen atoms in total. The second-order valence-electron chi connectivity index (χ2n) is 7.03. The lowest BCUT2D eigenvalue weighted by Crippen LogP contribution is -2.44. The van der Waals surface area contributed by atoms with Gasteiger partial charge < -0.3 is 0 Å². The van der Waals surface area contributed by atoms with Crippen LogP contribution >= 0.6 is 0 Å². The summed E-state index contributed by atoms with van der Waals surface area (Å²) in [6.07, 6.45) is 5.06. The Morgan fingerprint density at radius 3 is 2.12 bits per heavy atom. The molecule has 0 radical (unpaired) electrons. The highest BCUT2D eigenvalue weighted by Gasteiger charge is 2.59. The third kappa shape index (κ3) is 2.11. The van der Waals surface area contributed by atoms with Gasteiger partial charge in [0.15, 0.2) is 0 Å². The number of nitrogens with zero attached hydrogens (tertiary/aromatic N) is 2. The van der Waals surface area contributed by atoms with Gasteiger partial charge in [-0.25, -0.2) is 0 Å². The summed E-state index contributed by atoms with van der Waals surface area (Å²) in [5, 5.41) is 0. The number of benzene rings is 1. The summed E-state index contributed by atoms with van der Waals surface area (Å²) in [7, 11) is 0. The molecule has 0 spiro atoms. The van der Waals surface area contributed by atoms with Crippen LogP contribution in [0.3, 0.4) is 0 Å². The van der Waals surface area contributed by atoms with Crippen LogP contribution in [0.4, 0.5) is 5.69 Å². The second-order valence-corrected chi connectivity index (χ2v) is 7.03. The quantitative estimate of drug-likeness (QED) is 0.632. The molecule has 24 heavy (non-hydrogen) atoms. The average molecular weight is 324 g/mol. The lowest BCUT2D eigenvalue weighted by molar-refractivity contribution is -0.140. The van der Waals surface area contributed by atoms with E-state index in [2.05, 4.69) is 12.2 Å². The maximum absolute atomic E-state index is 12.8. The molecule has 1 heterocycles. The van der Waals surface area contributed by atoms with Gasteiger partial charge in [0.25, 0.3) is 0 Å². The molecule has 4 rings (SSSR count). The third-order valence-corrected chi connectivity index (χ3v) is 5.57. The van der Waals surface area contributed by atoms with Gasteiger partial charge in [0.2, 0.25) is 17.7 Å². The number of hydrogen-bond donors (Lipinski definition) is 0. The maximum atomic E-state index is 12.8. The Morgan fingerprint density at radius 1 is 1.08 bits per heavy atom. The summed E-state index contributed by atoms with van der Waals surface area (Å²) < 4.78 is 0. The van der Waals surface area contributed by atoms with Crippen LogP contribution in [0.25, 0.3) is 0 Å².